The lowest BCUT2D eigenvalue weighted by Crippen LogP contribution is -2.41. The molecule has 0 fully saturated rings. The number of carbonyl (C=O) groups excluding carboxylic acids is 1. The summed E-state index contributed by atoms with van der Waals surface area (Å²) in [5.41, 5.74) is 1.43. The van der Waals surface area contributed by atoms with Gasteiger partial charge in [0.2, 0.25) is 10.0 Å². The zero-order chi connectivity index (χ0) is 17.5. The predicted molar refractivity (Wildman–Crippen MR) is 81.1 cm³/mol. The van der Waals surface area contributed by atoms with E-state index < -0.39 is 22.5 Å². The molecule has 0 saturated heterocycles. The van der Waals surface area contributed by atoms with E-state index in [1.807, 2.05) is 19.9 Å². The van der Waals surface area contributed by atoms with Crippen LogP contribution in [0.1, 0.15) is 13.8 Å². The fourth-order valence-electron chi connectivity index (χ4n) is 1.82. The summed E-state index contributed by atoms with van der Waals surface area (Å²) in [6.07, 6.45) is 0. The third-order valence-corrected chi connectivity index (χ3v) is 4.60. The molecular weight excluding hydrogens is 322 g/mol. The van der Waals surface area contributed by atoms with Gasteiger partial charge in [0.1, 0.15) is 11.8 Å². The predicted octanol–water partition coefficient (Wildman–Crippen LogP) is 0.741. The van der Waals surface area contributed by atoms with E-state index in [1.54, 1.807) is 0 Å². The molecule has 0 unspecified atom stereocenters. The number of nitrogens with one attached hydrogen (secondary N) is 1. The summed E-state index contributed by atoms with van der Waals surface area (Å²) in [5, 5.41) is 17.0. The first-order chi connectivity index (χ1) is 10.8. The highest BCUT2D eigenvalue weighted by Gasteiger charge is 2.27. The van der Waals surface area contributed by atoms with E-state index in [0.717, 1.165) is 4.31 Å². The summed E-state index contributed by atoms with van der Waals surface area (Å²) in [4.78, 5) is 11.3. The normalized spacial score (nSPS) is 11.3. The van der Waals surface area contributed by atoms with E-state index in [2.05, 4.69) is 0 Å². The molecular formula is C14H19N3O5S. The number of rotatable bonds is 8. The Balaban J connectivity index is 3.03. The van der Waals surface area contributed by atoms with Crippen LogP contribution in [0, 0.1) is 17.2 Å². The van der Waals surface area contributed by atoms with Crippen LogP contribution in [0.5, 0.6) is 5.75 Å². The highest BCUT2D eigenvalue weighted by Crippen LogP contribution is 2.20. The van der Waals surface area contributed by atoms with Gasteiger partial charge in [-0.2, -0.15) is 9.57 Å². The maximum atomic E-state index is 12.6. The van der Waals surface area contributed by atoms with Crippen molar-refractivity contribution in [1.29, 1.82) is 5.26 Å². The third-order valence-electron chi connectivity index (χ3n) is 2.78. The highest BCUT2D eigenvalue weighted by molar-refractivity contribution is 7.89. The Morgan fingerprint density at radius 3 is 2.48 bits per heavy atom. The van der Waals surface area contributed by atoms with Crippen LogP contribution in [-0.2, 0) is 14.8 Å². The molecule has 0 bridgehead atoms. The van der Waals surface area contributed by atoms with Gasteiger partial charge in [-0.25, -0.2) is 13.9 Å². The van der Waals surface area contributed by atoms with Crippen LogP contribution in [0.3, 0.4) is 0 Å². The molecule has 126 valence electrons. The van der Waals surface area contributed by atoms with E-state index >= 15 is 0 Å². The standard InChI is InChI=1S/C14H19N3O5S/c1-11(2)9-17(10-14(18)16-19)23(20,21)13-5-3-12(4-6-13)22-8-7-15/h3-6,11,19H,8-10H2,1-2H3,(H,16,18). The number of hydrogen-bond donors (Lipinski definition) is 2. The van der Waals surface area contributed by atoms with Crippen LogP contribution in [0.2, 0.25) is 0 Å². The minimum atomic E-state index is -3.90. The van der Waals surface area contributed by atoms with Gasteiger partial charge in [-0.1, -0.05) is 13.8 Å². The SMILES string of the molecule is CC(C)CN(CC(=O)NO)S(=O)(=O)c1ccc(OCC#N)cc1. The minimum Gasteiger partial charge on any atom is -0.479 e. The summed E-state index contributed by atoms with van der Waals surface area (Å²) in [6, 6.07) is 7.36. The van der Waals surface area contributed by atoms with Crippen molar-refractivity contribution < 1.29 is 23.2 Å². The molecule has 9 heteroatoms. The summed E-state index contributed by atoms with van der Waals surface area (Å²) in [7, 11) is -3.90. The van der Waals surface area contributed by atoms with Gasteiger partial charge in [-0.3, -0.25) is 10.0 Å². The van der Waals surface area contributed by atoms with Crippen LogP contribution < -0.4 is 10.2 Å². The molecule has 2 N–H and O–H groups in total. The van der Waals surface area contributed by atoms with Crippen molar-refractivity contribution in [3.63, 3.8) is 0 Å². The minimum absolute atomic E-state index is 0.00509. The number of ether oxygens (including phenoxy) is 1. The second kappa shape index (κ2) is 8.47. The van der Waals surface area contributed by atoms with Crippen molar-refractivity contribution in [1.82, 2.24) is 9.79 Å². The van der Waals surface area contributed by atoms with Gasteiger partial charge in [0.15, 0.2) is 6.61 Å². The van der Waals surface area contributed by atoms with Crippen LogP contribution >= 0.6 is 0 Å². The largest absolute Gasteiger partial charge is 0.479 e. The van der Waals surface area contributed by atoms with Crippen molar-refractivity contribution in [3.8, 4) is 11.8 Å². The monoisotopic (exact) mass is 341 g/mol. The summed E-state index contributed by atoms with van der Waals surface area (Å²) < 4.78 is 31.3. The Bertz CT molecular complexity index is 665. The summed E-state index contributed by atoms with van der Waals surface area (Å²) >= 11 is 0. The zero-order valence-corrected chi connectivity index (χ0v) is 13.7. The quantitative estimate of drug-likeness (QED) is 0.531. The molecule has 1 amide bonds. The van der Waals surface area contributed by atoms with E-state index in [9.17, 15) is 13.2 Å². The van der Waals surface area contributed by atoms with Crippen molar-refractivity contribution in [2.75, 3.05) is 19.7 Å². The van der Waals surface area contributed by atoms with Gasteiger partial charge in [-0.05, 0) is 30.2 Å². The van der Waals surface area contributed by atoms with E-state index in [1.165, 1.54) is 29.7 Å². The van der Waals surface area contributed by atoms with Crippen LogP contribution in [0.25, 0.3) is 0 Å². The Morgan fingerprint density at radius 2 is 2.00 bits per heavy atom. The van der Waals surface area contributed by atoms with Crippen molar-refractivity contribution in [2.45, 2.75) is 18.7 Å². The van der Waals surface area contributed by atoms with Crippen molar-refractivity contribution in [2.24, 2.45) is 5.92 Å². The second-order valence-electron chi connectivity index (χ2n) is 5.14. The van der Waals surface area contributed by atoms with Gasteiger partial charge in [0, 0.05) is 6.54 Å². The fraction of sp³-hybridized carbons (Fsp3) is 0.429. The second-order valence-corrected chi connectivity index (χ2v) is 7.08. The number of benzene rings is 1. The average Bonchev–Trinajstić information content (AvgIpc) is 2.52. The Morgan fingerprint density at radius 1 is 1.39 bits per heavy atom. The fourth-order valence-corrected chi connectivity index (χ4v) is 3.38. The third kappa shape index (κ3) is 5.52. The van der Waals surface area contributed by atoms with E-state index in [4.69, 9.17) is 15.2 Å². The number of nitriles is 1. The van der Waals surface area contributed by atoms with Crippen LogP contribution in [-0.4, -0.2) is 43.5 Å². The molecule has 0 aromatic heterocycles. The molecule has 0 heterocycles. The smallest absolute Gasteiger partial charge is 0.258 e. The number of amides is 1. The molecule has 0 aliphatic carbocycles. The molecule has 0 atom stereocenters. The first-order valence-electron chi connectivity index (χ1n) is 6.84. The average molecular weight is 341 g/mol. The molecule has 0 saturated carbocycles. The summed E-state index contributed by atoms with van der Waals surface area (Å²) in [5.74, 6) is -0.452. The Kier molecular flexibility index (Phi) is 6.96. The van der Waals surface area contributed by atoms with Gasteiger partial charge in [0.05, 0.1) is 11.4 Å². The molecule has 0 aliphatic heterocycles. The highest BCUT2D eigenvalue weighted by atomic mass is 32.2. The topological polar surface area (TPSA) is 120 Å². The Hall–Kier alpha value is -2.15. The molecule has 1 aromatic rings. The molecule has 1 aromatic carbocycles. The number of hydrogen-bond acceptors (Lipinski definition) is 6. The van der Waals surface area contributed by atoms with E-state index in [0.29, 0.717) is 5.75 Å². The van der Waals surface area contributed by atoms with Gasteiger partial charge < -0.3 is 4.74 Å². The lowest BCUT2D eigenvalue weighted by Gasteiger charge is -2.23. The number of carbonyl (C=O) groups is 1. The Labute approximate surface area is 135 Å². The van der Waals surface area contributed by atoms with E-state index in [-0.39, 0.29) is 24.0 Å². The molecule has 0 aliphatic rings. The van der Waals surface area contributed by atoms with Gasteiger partial charge in [-0.15, -0.1) is 0 Å². The molecule has 1 rings (SSSR count). The molecule has 0 spiro atoms. The molecule has 0 radical (unpaired) electrons. The zero-order valence-electron chi connectivity index (χ0n) is 12.9. The van der Waals surface area contributed by atoms with Gasteiger partial charge >= 0.3 is 0 Å². The lowest BCUT2D eigenvalue weighted by atomic mass is 10.2. The first-order valence-corrected chi connectivity index (χ1v) is 8.28. The number of nitrogens with zero attached hydrogens (tertiary/aromatic N) is 2. The lowest BCUT2D eigenvalue weighted by molar-refractivity contribution is -0.129. The van der Waals surface area contributed by atoms with Crippen LogP contribution in [0.15, 0.2) is 29.2 Å². The van der Waals surface area contributed by atoms with Crippen molar-refractivity contribution >= 4 is 15.9 Å². The van der Waals surface area contributed by atoms with Crippen LogP contribution in [0.4, 0.5) is 0 Å². The molecule has 23 heavy (non-hydrogen) atoms. The molecule has 8 nitrogen and oxygen atoms in total. The number of hydroxylamine groups is 1. The maximum Gasteiger partial charge on any atom is 0.258 e. The van der Waals surface area contributed by atoms with Gasteiger partial charge in [0.25, 0.3) is 5.91 Å². The van der Waals surface area contributed by atoms with Crippen molar-refractivity contribution in [3.05, 3.63) is 24.3 Å². The summed E-state index contributed by atoms with van der Waals surface area (Å²) in [6.45, 7) is 3.14. The maximum absolute atomic E-state index is 12.6. The number of sulfonamides is 1. The first kappa shape index (κ1) is 18.9.